The molecule has 9 nitrogen and oxygen atoms in total. The molecule has 36 heavy (non-hydrogen) atoms. The quantitative estimate of drug-likeness (QED) is 0.276. The van der Waals surface area contributed by atoms with Gasteiger partial charge in [0.2, 0.25) is 25.0 Å². The molecule has 0 saturated carbocycles. The standard InChI is InChI=1S/C25H27N3O6S2/c1-33-16-14-28-22(17-26-25(28)35(29,30)20-21-9-4-2-5-10-21)18-27(19-23-11-8-15-34-23)36(31,32)24-12-6-3-7-13-24/h2-13,15,17H,14,16,18-20H2,1H3. The zero-order valence-corrected chi connectivity index (χ0v) is 21.4. The fourth-order valence-electron chi connectivity index (χ4n) is 3.77. The van der Waals surface area contributed by atoms with Crippen LogP contribution < -0.4 is 0 Å². The summed E-state index contributed by atoms with van der Waals surface area (Å²) < 4.78 is 67.0. The molecule has 0 fully saturated rings. The Kier molecular flexibility index (Phi) is 8.04. The van der Waals surface area contributed by atoms with Crippen LogP contribution in [0.1, 0.15) is 17.0 Å². The first-order valence-corrected chi connectivity index (χ1v) is 14.3. The van der Waals surface area contributed by atoms with Crippen LogP contribution in [0.5, 0.6) is 0 Å². The van der Waals surface area contributed by atoms with E-state index >= 15 is 0 Å². The second kappa shape index (κ2) is 11.2. The zero-order chi connectivity index (χ0) is 25.6. The number of benzene rings is 2. The third-order valence-corrected chi connectivity index (χ3v) is 8.93. The first kappa shape index (κ1) is 25.8. The minimum atomic E-state index is -3.94. The molecule has 0 aliphatic heterocycles. The molecule has 4 rings (SSSR count). The molecule has 2 aromatic heterocycles. The molecular weight excluding hydrogens is 502 g/mol. The average Bonchev–Trinajstić information content (AvgIpc) is 3.53. The molecule has 2 heterocycles. The highest BCUT2D eigenvalue weighted by molar-refractivity contribution is 7.90. The van der Waals surface area contributed by atoms with Gasteiger partial charge >= 0.3 is 0 Å². The summed E-state index contributed by atoms with van der Waals surface area (Å²) in [4.78, 5) is 4.34. The maximum Gasteiger partial charge on any atom is 0.243 e. The summed E-state index contributed by atoms with van der Waals surface area (Å²) in [5.41, 5.74) is 1.05. The van der Waals surface area contributed by atoms with Gasteiger partial charge in [0, 0.05) is 13.7 Å². The average molecular weight is 530 g/mol. The van der Waals surface area contributed by atoms with Gasteiger partial charge in [0.25, 0.3) is 0 Å². The van der Waals surface area contributed by atoms with Gasteiger partial charge in [-0.05, 0) is 29.8 Å². The van der Waals surface area contributed by atoms with Crippen molar-refractivity contribution in [3.63, 3.8) is 0 Å². The number of hydrogen-bond donors (Lipinski definition) is 0. The van der Waals surface area contributed by atoms with Crippen LogP contribution in [-0.4, -0.2) is 44.4 Å². The molecule has 190 valence electrons. The first-order chi connectivity index (χ1) is 17.3. The Morgan fingerprint density at radius 2 is 1.61 bits per heavy atom. The highest BCUT2D eigenvalue weighted by atomic mass is 32.2. The Morgan fingerprint density at radius 3 is 2.25 bits per heavy atom. The molecule has 0 saturated heterocycles. The Morgan fingerprint density at radius 1 is 0.917 bits per heavy atom. The van der Waals surface area contributed by atoms with Gasteiger partial charge in [0.1, 0.15) is 5.76 Å². The summed E-state index contributed by atoms with van der Waals surface area (Å²) in [6.07, 6.45) is 2.88. The van der Waals surface area contributed by atoms with Gasteiger partial charge in [0.15, 0.2) is 0 Å². The lowest BCUT2D eigenvalue weighted by Crippen LogP contribution is -2.31. The largest absolute Gasteiger partial charge is 0.468 e. The fraction of sp³-hybridized carbons (Fsp3) is 0.240. The number of nitrogens with zero attached hydrogens (tertiary/aromatic N) is 3. The lowest BCUT2D eigenvalue weighted by Gasteiger charge is -2.22. The SMILES string of the molecule is COCCn1c(CN(Cc2ccco2)S(=O)(=O)c2ccccc2)cnc1S(=O)(=O)Cc1ccccc1. The number of hydrogen-bond acceptors (Lipinski definition) is 7. The molecule has 0 bridgehead atoms. The smallest absolute Gasteiger partial charge is 0.243 e. The van der Waals surface area contributed by atoms with Gasteiger partial charge in [-0.25, -0.2) is 21.8 Å². The van der Waals surface area contributed by atoms with E-state index in [1.54, 1.807) is 54.6 Å². The maximum atomic E-state index is 13.5. The molecular formula is C25H27N3O6S2. The van der Waals surface area contributed by atoms with Gasteiger partial charge in [-0.3, -0.25) is 0 Å². The monoisotopic (exact) mass is 529 g/mol. The lowest BCUT2D eigenvalue weighted by molar-refractivity contribution is 0.182. The van der Waals surface area contributed by atoms with Crippen molar-refractivity contribution in [2.45, 2.75) is 35.4 Å². The molecule has 0 amide bonds. The second-order valence-corrected chi connectivity index (χ2v) is 11.9. The second-order valence-electron chi connectivity index (χ2n) is 8.09. The zero-order valence-electron chi connectivity index (χ0n) is 19.7. The van der Waals surface area contributed by atoms with Crippen molar-refractivity contribution in [3.8, 4) is 0 Å². The summed E-state index contributed by atoms with van der Waals surface area (Å²) in [5, 5.41) is -0.131. The van der Waals surface area contributed by atoms with Crippen LogP contribution in [-0.2, 0) is 50.0 Å². The van der Waals surface area contributed by atoms with Gasteiger partial charge in [-0.15, -0.1) is 0 Å². The Bertz CT molecular complexity index is 1470. The Labute approximate surface area is 210 Å². The van der Waals surface area contributed by atoms with E-state index in [1.165, 1.54) is 40.6 Å². The number of sulfonamides is 1. The summed E-state index contributed by atoms with van der Waals surface area (Å²) >= 11 is 0. The van der Waals surface area contributed by atoms with Crippen LogP contribution >= 0.6 is 0 Å². The van der Waals surface area contributed by atoms with Crippen LogP contribution in [0.25, 0.3) is 0 Å². The molecule has 4 aromatic rings. The van der Waals surface area contributed by atoms with Crippen molar-refractivity contribution in [1.29, 1.82) is 0 Å². The van der Waals surface area contributed by atoms with E-state index in [2.05, 4.69) is 4.98 Å². The minimum absolute atomic E-state index is 0.0359. The van der Waals surface area contributed by atoms with Crippen LogP contribution in [0.4, 0.5) is 0 Å². The van der Waals surface area contributed by atoms with E-state index in [0.717, 1.165) is 0 Å². The van der Waals surface area contributed by atoms with Crippen molar-refractivity contribution in [3.05, 3.63) is 102 Å². The van der Waals surface area contributed by atoms with Gasteiger partial charge < -0.3 is 13.7 Å². The number of furan rings is 1. The van der Waals surface area contributed by atoms with Crippen molar-refractivity contribution in [1.82, 2.24) is 13.9 Å². The number of methoxy groups -OCH3 is 1. The number of rotatable bonds is 12. The minimum Gasteiger partial charge on any atom is -0.468 e. The molecule has 0 N–H and O–H groups in total. The van der Waals surface area contributed by atoms with Gasteiger partial charge in [0.05, 0.1) is 48.5 Å². The first-order valence-electron chi connectivity index (χ1n) is 11.2. The number of ether oxygens (including phenoxy) is 1. The third-order valence-electron chi connectivity index (χ3n) is 5.53. The van der Waals surface area contributed by atoms with E-state index in [4.69, 9.17) is 9.15 Å². The summed E-state index contributed by atoms with van der Waals surface area (Å²) in [5.74, 6) is 0.227. The third kappa shape index (κ3) is 5.93. The van der Waals surface area contributed by atoms with E-state index in [-0.39, 0.29) is 42.0 Å². The maximum absolute atomic E-state index is 13.5. The predicted octanol–water partition coefficient (Wildman–Crippen LogP) is 3.49. The molecule has 0 aliphatic carbocycles. The summed E-state index contributed by atoms with van der Waals surface area (Å²) in [6.45, 7) is 0.261. The highest BCUT2D eigenvalue weighted by Gasteiger charge is 2.29. The van der Waals surface area contributed by atoms with Crippen molar-refractivity contribution in [2.24, 2.45) is 0 Å². The van der Waals surface area contributed by atoms with E-state index in [0.29, 0.717) is 17.0 Å². The van der Waals surface area contributed by atoms with E-state index < -0.39 is 19.9 Å². The van der Waals surface area contributed by atoms with Crippen LogP contribution in [0.2, 0.25) is 0 Å². The van der Waals surface area contributed by atoms with Crippen molar-refractivity contribution in [2.75, 3.05) is 13.7 Å². The van der Waals surface area contributed by atoms with Crippen LogP contribution in [0, 0.1) is 0 Å². The summed E-state index contributed by atoms with van der Waals surface area (Å²) in [6, 6.07) is 20.3. The van der Waals surface area contributed by atoms with Crippen LogP contribution in [0.3, 0.4) is 0 Å². The lowest BCUT2D eigenvalue weighted by atomic mass is 10.2. The normalized spacial score (nSPS) is 12.3. The van der Waals surface area contributed by atoms with Gasteiger partial charge in [-0.2, -0.15) is 4.31 Å². The Hall–Kier alpha value is -3.25. The predicted molar refractivity (Wildman–Crippen MR) is 133 cm³/mol. The number of imidazole rings is 1. The van der Waals surface area contributed by atoms with Gasteiger partial charge in [-0.1, -0.05) is 48.5 Å². The molecule has 11 heteroatoms. The highest BCUT2D eigenvalue weighted by Crippen LogP contribution is 2.24. The molecule has 0 aliphatic rings. The van der Waals surface area contributed by atoms with Crippen LogP contribution in [0.15, 0.2) is 99.7 Å². The van der Waals surface area contributed by atoms with Crippen molar-refractivity contribution >= 4 is 19.9 Å². The number of aromatic nitrogens is 2. The molecule has 0 spiro atoms. The molecule has 0 atom stereocenters. The number of sulfone groups is 1. The van der Waals surface area contributed by atoms with E-state index in [9.17, 15) is 16.8 Å². The molecule has 0 unspecified atom stereocenters. The molecule has 0 radical (unpaired) electrons. The van der Waals surface area contributed by atoms with E-state index in [1.807, 2.05) is 6.07 Å². The molecule has 2 aromatic carbocycles. The fourth-order valence-corrected chi connectivity index (χ4v) is 6.69. The topological polar surface area (TPSA) is 112 Å². The summed E-state index contributed by atoms with van der Waals surface area (Å²) in [7, 11) is -6.24. The Balaban J connectivity index is 1.72. The van der Waals surface area contributed by atoms with Crippen molar-refractivity contribution < 1.29 is 26.0 Å².